The van der Waals surface area contributed by atoms with E-state index in [9.17, 15) is 4.79 Å². The molecule has 0 atom stereocenters. The fraction of sp³-hybridized carbons (Fsp3) is 0.667. The van der Waals surface area contributed by atoms with E-state index in [1.807, 2.05) is 18.0 Å². The molecule has 1 amide bonds. The van der Waals surface area contributed by atoms with Gasteiger partial charge >= 0.3 is 0 Å². The molecule has 2 rings (SSSR count). The summed E-state index contributed by atoms with van der Waals surface area (Å²) in [7, 11) is 1.89. The summed E-state index contributed by atoms with van der Waals surface area (Å²) in [5.74, 6) is 0.997. The van der Waals surface area contributed by atoms with Gasteiger partial charge in [0.2, 0.25) is 11.9 Å². The molecule has 0 spiro atoms. The van der Waals surface area contributed by atoms with E-state index in [1.165, 1.54) is 0 Å². The first-order valence-corrected chi connectivity index (χ1v) is 7.69. The van der Waals surface area contributed by atoms with E-state index in [-0.39, 0.29) is 5.91 Å². The Morgan fingerprint density at radius 2 is 1.90 bits per heavy atom. The minimum absolute atomic E-state index is 0.216. The maximum Gasteiger partial charge on any atom is 0.236 e. The van der Waals surface area contributed by atoms with Crippen LogP contribution < -0.4 is 4.90 Å². The Morgan fingerprint density at radius 3 is 2.52 bits per heavy atom. The number of likely N-dealkylation sites (N-methyl/N-ethyl adjacent to an activating group) is 1. The molecular weight excluding hydrogens is 266 g/mol. The van der Waals surface area contributed by atoms with Crippen LogP contribution in [-0.4, -0.2) is 72.0 Å². The predicted molar refractivity (Wildman–Crippen MR) is 83.2 cm³/mol. The molecule has 2 heterocycles. The second-order valence-corrected chi connectivity index (χ2v) is 5.48. The van der Waals surface area contributed by atoms with Crippen LogP contribution in [0.25, 0.3) is 0 Å². The Bertz CT molecular complexity index is 431. The molecule has 116 valence electrons. The fourth-order valence-corrected chi connectivity index (χ4v) is 2.39. The van der Waals surface area contributed by atoms with Crippen molar-refractivity contribution in [2.24, 2.45) is 0 Å². The van der Waals surface area contributed by atoms with Gasteiger partial charge in [-0.2, -0.15) is 0 Å². The Hall–Kier alpha value is -1.69. The monoisotopic (exact) mass is 291 g/mol. The Morgan fingerprint density at radius 1 is 1.24 bits per heavy atom. The number of amides is 1. The van der Waals surface area contributed by atoms with Crippen LogP contribution in [0.15, 0.2) is 18.5 Å². The lowest BCUT2D eigenvalue weighted by molar-refractivity contribution is -0.131. The number of unbranched alkanes of at least 4 members (excludes halogenated alkanes) is 1. The molecule has 6 nitrogen and oxygen atoms in total. The molecule has 1 aliphatic heterocycles. The second-order valence-electron chi connectivity index (χ2n) is 5.48. The molecule has 1 saturated heterocycles. The second kappa shape index (κ2) is 7.93. The van der Waals surface area contributed by atoms with Gasteiger partial charge in [0.15, 0.2) is 0 Å². The number of aromatic nitrogens is 2. The minimum atomic E-state index is 0.216. The van der Waals surface area contributed by atoms with Gasteiger partial charge in [-0.15, -0.1) is 0 Å². The van der Waals surface area contributed by atoms with Gasteiger partial charge in [-0.25, -0.2) is 9.97 Å². The van der Waals surface area contributed by atoms with E-state index >= 15 is 0 Å². The molecule has 0 aliphatic carbocycles. The topological polar surface area (TPSA) is 52.6 Å². The number of anilines is 1. The summed E-state index contributed by atoms with van der Waals surface area (Å²) in [5, 5.41) is 0. The lowest BCUT2D eigenvalue weighted by Crippen LogP contribution is -2.50. The van der Waals surface area contributed by atoms with Crippen molar-refractivity contribution in [1.29, 1.82) is 0 Å². The summed E-state index contributed by atoms with van der Waals surface area (Å²) in [6, 6.07) is 1.82. The third kappa shape index (κ3) is 4.67. The van der Waals surface area contributed by atoms with Gasteiger partial charge in [0, 0.05) is 52.2 Å². The van der Waals surface area contributed by atoms with Crippen LogP contribution in [-0.2, 0) is 4.79 Å². The first kappa shape index (κ1) is 15.7. The van der Waals surface area contributed by atoms with Gasteiger partial charge < -0.3 is 9.80 Å². The highest BCUT2D eigenvalue weighted by molar-refractivity contribution is 5.78. The molecule has 1 aliphatic rings. The third-order valence-corrected chi connectivity index (χ3v) is 3.84. The smallest absolute Gasteiger partial charge is 0.236 e. The van der Waals surface area contributed by atoms with E-state index in [0.29, 0.717) is 6.54 Å². The highest BCUT2D eigenvalue weighted by atomic mass is 16.2. The Kier molecular flexibility index (Phi) is 5.92. The van der Waals surface area contributed by atoms with Crippen LogP contribution in [0.1, 0.15) is 19.8 Å². The molecule has 1 aromatic rings. The van der Waals surface area contributed by atoms with Crippen LogP contribution in [0.3, 0.4) is 0 Å². The van der Waals surface area contributed by atoms with Gasteiger partial charge in [-0.3, -0.25) is 9.69 Å². The average Bonchev–Trinajstić information content (AvgIpc) is 2.54. The lowest BCUT2D eigenvalue weighted by atomic mass is 10.3. The molecular formula is C15H25N5O. The molecule has 0 unspecified atom stereocenters. The first-order valence-electron chi connectivity index (χ1n) is 7.69. The largest absolute Gasteiger partial charge is 0.345 e. The number of nitrogens with zero attached hydrogens (tertiary/aromatic N) is 5. The highest BCUT2D eigenvalue weighted by Gasteiger charge is 2.21. The minimum Gasteiger partial charge on any atom is -0.345 e. The van der Waals surface area contributed by atoms with Gasteiger partial charge in [-0.05, 0) is 12.5 Å². The van der Waals surface area contributed by atoms with Crippen molar-refractivity contribution in [3.05, 3.63) is 18.5 Å². The zero-order valence-corrected chi connectivity index (χ0v) is 13.0. The van der Waals surface area contributed by atoms with Crippen molar-refractivity contribution in [3.63, 3.8) is 0 Å². The zero-order valence-electron chi connectivity index (χ0n) is 13.0. The third-order valence-electron chi connectivity index (χ3n) is 3.84. The molecule has 1 aromatic heterocycles. The Labute approximate surface area is 126 Å². The van der Waals surface area contributed by atoms with Gasteiger partial charge in [0.25, 0.3) is 0 Å². The van der Waals surface area contributed by atoms with Crippen molar-refractivity contribution in [3.8, 4) is 0 Å². The number of carbonyl (C=O) groups is 1. The molecule has 0 saturated carbocycles. The van der Waals surface area contributed by atoms with E-state index in [4.69, 9.17) is 0 Å². The highest BCUT2D eigenvalue weighted by Crippen LogP contribution is 2.09. The molecule has 1 fully saturated rings. The van der Waals surface area contributed by atoms with Crippen LogP contribution in [0, 0.1) is 0 Å². The SMILES string of the molecule is CCCCN(C)C(=O)CN1CCN(c2ncccn2)CC1. The van der Waals surface area contributed by atoms with Crippen LogP contribution in [0.2, 0.25) is 0 Å². The Balaban J connectivity index is 1.75. The van der Waals surface area contributed by atoms with E-state index in [2.05, 4.69) is 26.7 Å². The number of rotatable bonds is 6. The molecule has 0 radical (unpaired) electrons. The lowest BCUT2D eigenvalue weighted by Gasteiger charge is -2.34. The molecule has 0 N–H and O–H groups in total. The summed E-state index contributed by atoms with van der Waals surface area (Å²) >= 11 is 0. The van der Waals surface area contributed by atoms with E-state index in [1.54, 1.807) is 12.4 Å². The summed E-state index contributed by atoms with van der Waals surface area (Å²) in [4.78, 5) is 26.9. The summed E-state index contributed by atoms with van der Waals surface area (Å²) in [6.45, 7) is 7.02. The number of piperazine rings is 1. The van der Waals surface area contributed by atoms with Crippen LogP contribution in [0.5, 0.6) is 0 Å². The number of hydrogen-bond donors (Lipinski definition) is 0. The maximum absolute atomic E-state index is 12.1. The van der Waals surface area contributed by atoms with Gasteiger partial charge in [0.1, 0.15) is 0 Å². The van der Waals surface area contributed by atoms with Crippen molar-refractivity contribution >= 4 is 11.9 Å². The van der Waals surface area contributed by atoms with E-state index < -0.39 is 0 Å². The van der Waals surface area contributed by atoms with E-state index in [0.717, 1.165) is 51.5 Å². The first-order chi connectivity index (χ1) is 10.2. The van der Waals surface area contributed by atoms with Crippen molar-refractivity contribution in [2.75, 3.05) is 51.2 Å². The number of carbonyl (C=O) groups excluding carboxylic acids is 1. The standard InChI is InChI=1S/C15H25N5O/c1-3-4-8-18(2)14(21)13-19-9-11-20(12-10-19)15-16-6-5-7-17-15/h5-7H,3-4,8-13H2,1-2H3. The fourth-order valence-electron chi connectivity index (χ4n) is 2.39. The summed E-state index contributed by atoms with van der Waals surface area (Å²) in [6.07, 6.45) is 5.72. The average molecular weight is 291 g/mol. The van der Waals surface area contributed by atoms with Gasteiger partial charge in [-0.1, -0.05) is 13.3 Å². The van der Waals surface area contributed by atoms with Crippen molar-refractivity contribution < 1.29 is 4.79 Å². The molecule has 6 heteroatoms. The van der Waals surface area contributed by atoms with Gasteiger partial charge in [0.05, 0.1) is 6.54 Å². The maximum atomic E-state index is 12.1. The van der Waals surface area contributed by atoms with Crippen LogP contribution in [0.4, 0.5) is 5.95 Å². The van der Waals surface area contributed by atoms with Crippen molar-refractivity contribution in [1.82, 2.24) is 19.8 Å². The van der Waals surface area contributed by atoms with Crippen molar-refractivity contribution in [2.45, 2.75) is 19.8 Å². The quantitative estimate of drug-likeness (QED) is 0.778. The predicted octanol–water partition coefficient (Wildman–Crippen LogP) is 0.857. The van der Waals surface area contributed by atoms with Crippen LogP contribution >= 0.6 is 0 Å². The summed E-state index contributed by atoms with van der Waals surface area (Å²) < 4.78 is 0. The molecule has 0 aromatic carbocycles. The normalized spacial score (nSPS) is 16.0. The zero-order chi connectivity index (χ0) is 15.1. The summed E-state index contributed by atoms with van der Waals surface area (Å²) in [5.41, 5.74) is 0. The molecule has 21 heavy (non-hydrogen) atoms. The molecule has 0 bridgehead atoms. The number of hydrogen-bond acceptors (Lipinski definition) is 5.